The molecule has 2 aliphatic rings. The van der Waals surface area contributed by atoms with Crippen LogP contribution in [0.25, 0.3) is 0 Å². The molecule has 0 aliphatic carbocycles. The summed E-state index contributed by atoms with van der Waals surface area (Å²) >= 11 is 1.94. The van der Waals surface area contributed by atoms with Gasteiger partial charge in [-0.2, -0.15) is 0 Å². The molecule has 1 saturated heterocycles. The molecular weight excluding hydrogens is 266 g/mol. The van der Waals surface area contributed by atoms with Gasteiger partial charge in [0.15, 0.2) is 9.84 Å². The van der Waals surface area contributed by atoms with Gasteiger partial charge in [-0.1, -0.05) is 18.2 Å². The van der Waals surface area contributed by atoms with Crippen LogP contribution in [-0.2, 0) is 16.3 Å². The van der Waals surface area contributed by atoms with Gasteiger partial charge in [0.1, 0.15) is 0 Å². The lowest BCUT2D eigenvalue weighted by Crippen LogP contribution is -2.43. The first-order chi connectivity index (χ1) is 8.62. The predicted molar refractivity (Wildman–Crippen MR) is 74.9 cm³/mol. The van der Waals surface area contributed by atoms with Crippen LogP contribution in [0.2, 0.25) is 0 Å². The van der Waals surface area contributed by atoms with Gasteiger partial charge in [-0.15, -0.1) is 11.8 Å². The van der Waals surface area contributed by atoms with Crippen LogP contribution >= 0.6 is 11.8 Å². The highest BCUT2D eigenvalue weighted by Crippen LogP contribution is 2.37. The van der Waals surface area contributed by atoms with E-state index in [4.69, 9.17) is 0 Å². The van der Waals surface area contributed by atoms with Crippen LogP contribution in [0.4, 0.5) is 0 Å². The minimum Gasteiger partial charge on any atom is -0.300 e. The molecule has 0 amide bonds. The first-order valence-corrected chi connectivity index (χ1v) is 9.00. The van der Waals surface area contributed by atoms with Gasteiger partial charge < -0.3 is 4.90 Å². The normalized spacial score (nSPS) is 27.0. The Morgan fingerprint density at radius 3 is 2.67 bits per heavy atom. The summed E-state index contributed by atoms with van der Waals surface area (Å²) in [5, 5.41) is 0.586. The van der Waals surface area contributed by atoms with Crippen LogP contribution in [0.15, 0.2) is 29.2 Å². The molecule has 0 bridgehead atoms. The summed E-state index contributed by atoms with van der Waals surface area (Å²) in [5.74, 6) is 0.661. The molecule has 18 heavy (non-hydrogen) atoms. The van der Waals surface area contributed by atoms with E-state index in [0.29, 0.717) is 29.8 Å². The van der Waals surface area contributed by atoms with Crippen molar-refractivity contribution in [1.82, 2.24) is 4.90 Å². The van der Waals surface area contributed by atoms with Gasteiger partial charge in [0, 0.05) is 29.8 Å². The van der Waals surface area contributed by atoms with Gasteiger partial charge in [0.2, 0.25) is 0 Å². The number of rotatable bonds is 2. The molecule has 5 heteroatoms. The number of nitrogens with zero attached hydrogens (tertiary/aromatic N) is 1. The molecule has 98 valence electrons. The monoisotopic (exact) mass is 283 g/mol. The van der Waals surface area contributed by atoms with Gasteiger partial charge >= 0.3 is 0 Å². The Morgan fingerprint density at radius 2 is 1.94 bits per heavy atom. The summed E-state index contributed by atoms with van der Waals surface area (Å²) in [6.07, 6.45) is 1.12. The third kappa shape index (κ3) is 2.73. The van der Waals surface area contributed by atoms with Gasteiger partial charge in [0.05, 0.1) is 11.5 Å². The zero-order valence-electron chi connectivity index (χ0n) is 10.2. The van der Waals surface area contributed by atoms with E-state index in [1.54, 1.807) is 0 Å². The van der Waals surface area contributed by atoms with Crippen molar-refractivity contribution in [2.45, 2.75) is 16.6 Å². The van der Waals surface area contributed by atoms with Crippen molar-refractivity contribution in [3.8, 4) is 0 Å². The minimum atomic E-state index is -2.75. The quantitative estimate of drug-likeness (QED) is 0.823. The van der Waals surface area contributed by atoms with Crippen molar-refractivity contribution in [2.24, 2.45) is 0 Å². The van der Waals surface area contributed by atoms with Gasteiger partial charge in [-0.25, -0.2) is 8.42 Å². The van der Waals surface area contributed by atoms with E-state index in [9.17, 15) is 8.42 Å². The summed E-state index contributed by atoms with van der Waals surface area (Å²) in [5.41, 5.74) is 1.44. The van der Waals surface area contributed by atoms with E-state index in [1.165, 1.54) is 10.5 Å². The maximum absolute atomic E-state index is 11.4. The maximum atomic E-state index is 11.4. The molecule has 2 heterocycles. The lowest BCUT2D eigenvalue weighted by Gasteiger charge is -2.28. The molecule has 1 aromatic rings. The van der Waals surface area contributed by atoms with Crippen molar-refractivity contribution in [2.75, 3.05) is 31.1 Å². The third-order valence-corrected chi connectivity index (χ3v) is 6.52. The second kappa shape index (κ2) is 4.87. The molecule has 1 atom stereocenters. The van der Waals surface area contributed by atoms with Crippen molar-refractivity contribution in [3.05, 3.63) is 29.8 Å². The number of thioether (sulfide) groups is 1. The fourth-order valence-corrected chi connectivity index (χ4v) is 5.22. The van der Waals surface area contributed by atoms with Crippen LogP contribution in [-0.4, -0.2) is 49.7 Å². The standard InChI is InChI=1S/C13H17NO2S2/c15-18(16)7-5-14(6-8-18)10-12-9-11-3-1-2-4-13(11)17-12/h1-4,12H,5-10H2. The van der Waals surface area contributed by atoms with Crippen LogP contribution in [0.1, 0.15) is 5.56 Å². The Morgan fingerprint density at radius 1 is 1.22 bits per heavy atom. The molecule has 1 fully saturated rings. The van der Waals surface area contributed by atoms with Crippen molar-refractivity contribution in [1.29, 1.82) is 0 Å². The van der Waals surface area contributed by atoms with Crippen molar-refractivity contribution < 1.29 is 8.42 Å². The molecule has 0 saturated carbocycles. The molecule has 0 N–H and O–H groups in total. The summed E-state index contributed by atoms with van der Waals surface area (Å²) in [7, 11) is -2.75. The van der Waals surface area contributed by atoms with E-state index in [2.05, 4.69) is 29.2 Å². The summed E-state index contributed by atoms with van der Waals surface area (Å²) in [4.78, 5) is 3.69. The highest BCUT2D eigenvalue weighted by Gasteiger charge is 2.27. The minimum absolute atomic E-state index is 0.331. The van der Waals surface area contributed by atoms with Crippen LogP contribution in [0, 0.1) is 0 Å². The van der Waals surface area contributed by atoms with E-state index in [-0.39, 0.29) is 0 Å². The van der Waals surface area contributed by atoms with Gasteiger partial charge in [0.25, 0.3) is 0 Å². The van der Waals surface area contributed by atoms with Crippen LogP contribution in [0.5, 0.6) is 0 Å². The topological polar surface area (TPSA) is 37.4 Å². The molecular formula is C13H17NO2S2. The van der Waals surface area contributed by atoms with E-state index in [1.807, 2.05) is 11.8 Å². The smallest absolute Gasteiger partial charge is 0.152 e. The maximum Gasteiger partial charge on any atom is 0.152 e. The Balaban J connectivity index is 1.57. The summed E-state index contributed by atoms with van der Waals surface area (Å²) in [6, 6.07) is 8.56. The number of fused-ring (bicyclic) bond motifs is 1. The van der Waals surface area contributed by atoms with Gasteiger partial charge in [-0.05, 0) is 18.1 Å². The average molecular weight is 283 g/mol. The highest BCUT2D eigenvalue weighted by atomic mass is 32.2. The molecule has 3 nitrogen and oxygen atoms in total. The highest BCUT2D eigenvalue weighted by molar-refractivity contribution is 8.00. The predicted octanol–water partition coefficient (Wildman–Crippen LogP) is 1.43. The van der Waals surface area contributed by atoms with Crippen molar-refractivity contribution >= 4 is 21.6 Å². The molecule has 0 spiro atoms. The fourth-order valence-electron chi connectivity index (χ4n) is 2.58. The molecule has 1 unspecified atom stereocenters. The first-order valence-electron chi connectivity index (χ1n) is 6.30. The number of hydrogen-bond donors (Lipinski definition) is 0. The summed E-state index contributed by atoms with van der Waals surface area (Å²) < 4.78 is 22.8. The van der Waals surface area contributed by atoms with Crippen molar-refractivity contribution in [3.63, 3.8) is 0 Å². The second-order valence-electron chi connectivity index (χ2n) is 5.00. The first kappa shape index (κ1) is 12.5. The van der Waals surface area contributed by atoms with E-state index < -0.39 is 9.84 Å². The van der Waals surface area contributed by atoms with Gasteiger partial charge in [-0.3, -0.25) is 0 Å². The number of hydrogen-bond acceptors (Lipinski definition) is 4. The lowest BCUT2D eigenvalue weighted by atomic mass is 10.1. The summed E-state index contributed by atoms with van der Waals surface area (Å²) in [6.45, 7) is 2.42. The Bertz CT molecular complexity index is 503. The number of sulfone groups is 1. The molecule has 2 aliphatic heterocycles. The van der Waals surface area contributed by atoms with Crippen LogP contribution in [0.3, 0.4) is 0 Å². The third-order valence-electron chi connectivity index (χ3n) is 3.61. The number of benzene rings is 1. The lowest BCUT2D eigenvalue weighted by molar-refractivity contribution is 0.296. The Kier molecular flexibility index (Phi) is 3.38. The Labute approximate surface area is 112 Å². The molecule has 0 aromatic heterocycles. The van der Waals surface area contributed by atoms with Crippen LogP contribution < -0.4 is 0 Å². The zero-order chi connectivity index (χ0) is 12.6. The SMILES string of the molecule is O=S1(=O)CCN(CC2Cc3ccccc3S2)CC1. The Hall–Kier alpha value is -0.520. The fraction of sp³-hybridized carbons (Fsp3) is 0.538. The molecule has 0 radical (unpaired) electrons. The zero-order valence-corrected chi connectivity index (χ0v) is 11.8. The second-order valence-corrected chi connectivity index (χ2v) is 8.65. The largest absolute Gasteiger partial charge is 0.300 e. The van der Waals surface area contributed by atoms with E-state index in [0.717, 1.165) is 13.0 Å². The van der Waals surface area contributed by atoms with E-state index >= 15 is 0 Å². The molecule has 3 rings (SSSR count). The average Bonchev–Trinajstić information content (AvgIpc) is 2.74. The molecule has 1 aromatic carbocycles.